The van der Waals surface area contributed by atoms with Crippen LogP contribution >= 0.6 is 23.5 Å². The predicted molar refractivity (Wildman–Crippen MR) is 487 cm³/mol. The van der Waals surface area contributed by atoms with Crippen LogP contribution in [0.3, 0.4) is 0 Å². The summed E-state index contributed by atoms with van der Waals surface area (Å²) in [6, 6.07) is 0.265. The molecule has 768 valence electrons. The Bertz CT molecular complexity index is 3390. The summed E-state index contributed by atoms with van der Waals surface area (Å²) in [5, 5.41) is 5.40. The third-order valence-corrected chi connectivity index (χ3v) is 21.2. The fourth-order valence-electron chi connectivity index (χ4n) is 6.38. The molecule has 0 radical (unpaired) electrons. The average molecular weight is 1980 g/mol. The molecule has 0 fully saturated rings. The standard InChI is InChI=1S/3C12H20O4.C9H19NO4S.C9H18O3.C8H17NO.3C8H17O6P.Na/c3*1-6-12(4,5)11(14)16-8-7-15-10(13)9(2)3;1-5-7(2)8(11)10-9(3,4)6-15(12,13)14;1-5-9(2,3)8(10)12-7-6-11-4;1-5-7(4)8(10)9-6(2)3;3*1-4-8(2,3)7(9)13-5-6-14-15(10,11)12;/h3*2,6-8H2,1,3-5H3;7H,5-6H2,1-4H3,(H,10,11)(H,12,13,14);5-7H2,1-4H3;6-7H,5H2,1-4H3,(H,9,10);3*4-6H2,1-3H3,(H2,10,11,12);/q;;;;;;;;;+1/p-1. The van der Waals surface area contributed by atoms with Crippen LogP contribution in [0.1, 0.15) is 279 Å². The van der Waals surface area contributed by atoms with E-state index in [-0.39, 0.29) is 168 Å². The van der Waals surface area contributed by atoms with Crippen LogP contribution in [0, 0.1) is 49.7 Å². The second-order valence-corrected chi connectivity index (χ2v) is 39.8. The molecule has 40 nitrogen and oxygen atoms in total. The number of carbonyl (C=O) groups excluding carboxylic acids is 12. The molecule has 0 heterocycles. The van der Waals surface area contributed by atoms with Crippen molar-refractivity contribution in [1.82, 2.24) is 10.6 Å². The van der Waals surface area contributed by atoms with Gasteiger partial charge in [-0.1, -0.05) is 95.9 Å². The van der Waals surface area contributed by atoms with E-state index in [1.807, 2.05) is 138 Å². The van der Waals surface area contributed by atoms with Crippen LogP contribution in [-0.4, -0.2) is 231 Å². The number of phosphoric acid groups is 3. The molecule has 0 aromatic rings. The van der Waals surface area contributed by atoms with Crippen molar-refractivity contribution >= 4 is 105 Å². The molecule has 0 spiro atoms. The Morgan fingerprint density at radius 2 is 0.511 bits per heavy atom. The van der Waals surface area contributed by atoms with E-state index in [2.05, 4.69) is 43.9 Å². The topological polar surface area (TPSA) is 588 Å². The minimum atomic E-state index is -4.46. The first kappa shape index (κ1) is 145. The van der Waals surface area contributed by atoms with E-state index >= 15 is 0 Å². The third-order valence-electron chi connectivity index (χ3n) is 18.5. The van der Waals surface area contributed by atoms with E-state index in [0.717, 1.165) is 12.8 Å². The molecule has 0 saturated heterocycles. The second-order valence-electron chi connectivity index (χ2n) is 34.7. The molecule has 0 saturated carbocycles. The fraction of sp³-hybridized carbons (Fsp3) is 0.791. The molecule has 0 rings (SSSR count). The van der Waals surface area contributed by atoms with Crippen molar-refractivity contribution in [2.75, 3.05) is 105 Å². The predicted octanol–water partition coefficient (Wildman–Crippen LogP) is 10.1. The Morgan fingerprint density at radius 1 is 0.336 bits per heavy atom. The summed E-state index contributed by atoms with van der Waals surface area (Å²) in [7, 11) is -16.1. The molecule has 0 aliphatic heterocycles. The van der Waals surface area contributed by atoms with Gasteiger partial charge in [0.15, 0.2) is 0 Å². The van der Waals surface area contributed by atoms with Crippen LogP contribution < -0.4 is 40.2 Å². The van der Waals surface area contributed by atoms with Gasteiger partial charge in [0.05, 0.1) is 80.2 Å². The number of hydrogen-bond donors (Lipinski definition) is 8. The summed E-state index contributed by atoms with van der Waals surface area (Å²) in [4.78, 5) is 185. The van der Waals surface area contributed by atoms with E-state index in [1.165, 1.54) is 13.8 Å². The number of hydrogen-bond acceptors (Lipinski definition) is 32. The van der Waals surface area contributed by atoms with Gasteiger partial charge in [0.25, 0.3) is 0 Å². The third kappa shape index (κ3) is 86.6. The molecule has 0 aromatic carbocycles. The molecule has 0 aliphatic rings. The van der Waals surface area contributed by atoms with Crippen LogP contribution in [-0.2, 0) is 147 Å². The monoisotopic (exact) mass is 1980 g/mol. The summed E-state index contributed by atoms with van der Waals surface area (Å²) in [5.41, 5.74) is -3.59. The van der Waals surface area contributed by atoms with E-state index in [1.54, 1.807) is 76.3 Å². The van der Waals surface area contributed by atoms with Crippen molar-refractivity contribution in [3.05, 3.63) is 36.5 Å². The minimum Gasteiger partial charge on any atom is -0.748 e. The number of carbonyl (C=O) groups is 12. The maximum atomic E-state index is 11.5. The van der Waals surface area contributed by atoms with E-state index in [9.17, 15) is 84.2 Å². The van der Waals surface area contributed by atoms with Crippen LogP contribution in [0.15, 0.2) is 36.5 Å². The van der Waals surface area contributed by atoms with Crippen LogP contribution in [0.5, 0.6) is 0 Å². The van der Waals surface area contributed by atoms with Gasteiger partial charge in [-0.2, -0.15) is 0 Å². The van der Waals surface area contributed by atoms with E-state index < -0.39 is 113 Å². The first-order chi connectivity index (χ1) is 58.7. The fourth-order valence-corrected chi connectivity index (χ4v) is 8.27. The summed E-state index contributed by atoms with van der Waals surface area (Å²) >= 11 is 0. The number of rotatable bonds is 49. The van der Waals surface area contributed by atoms with Crippen molar-refractivity contribution < 1.29 is 209 Å². The van der Waals surface area contributed by atoms with Gasteiger partial charge in [0, 0.05) is 47.2 Å². The molecular weight excluding hydrogens is 1820 g/mol. The number of amides is 2. The number of esters is 10. The largest absolute Gasteiger partial charge is 1.00 e. The Morgan fingerprint density at radius 3 is 0.664 bits per heavy atom. The number of ether oxygens (including phenoxy) is 11. The summed E-state index contributed by atoms with van der Waals surface area (Å²) in [6.07, 6.45) is 6.39. The molecule has 2 unspecified atom stereocenters. The van der Waals surface area contributed by atoms with Gasteiger partial charge in [-0.05, 0) is 203 Å². The summed E-state index contributed by atoms with van der Waals surface area (Å²) < 4.78 is 128. The molecular formula is C86H164N2NaO38P3S. The zero-order valence-corrected chi connectivity index (χ0v) is 90.3. The first-order valence-electron chi connectivity index (χ1n) is 42.5. The van der Waals surface area contributed by atoms with Gasteiger partial charge < -0.3 is 96.7 Å². The molecule has 45 heteroatoms. The molecule has 131 heavy (non-hydrogen) atoms. The Labute approximate surface area is 802 Å². The number of methoxy groups -OCH3 is 1. The number of phosphoric ester groups is 3. The van der Waals surface area contributed by atoms with Crippen molar-refractivity contribution in [1.29, 1.82) is 0 Å². The Hall–Kier alpha value is -5.94. The molecule has 0 aromatic heterocycles. The molecule has 2 atom stereocenters. The van der Waals surface area contributed by atoms with Crippen LogP contribution in [0.25, 0.3) is 0 Å². The normalized spacial score (nSPS) is 12.0. The molecule has 0 bridgehead atoms. The van der Waals surface area contributed by atoms with E-state index in [4.69, 9.17) is 81.5 Å². The zero-order chi connectivity index (χ0) is 105. The Kier molecular flexibility index (Phi) is 81.4. The van der Waals surface area contributed by atoms with Gasteiger partial charge in [-0.15, -0.1) is 0 Å². The Balaban J connectivity index is -0.000000157. The van der Waals surface area contributed by atoms with Crippen molar-refractivity contribution in [3.8, 4) is 0 Å². The SMILES string of the molecule is C=C(C)C(=O)OCCOC(=O)C(C)(C)CC.C=C(C)C(=O)OCCOC(=O)C(C)(C)CC.C=C(C)C(=O)OCCOC(=O)C(C)(C)CC.CCC(C)(C)C(=O)OCCOC.CCC(C)(C)C(=O)OCCOP(=O)(O)O.CCC(C)(C)C(=O)OCCOP(=O)(O)O.CCC(C)(C)C(=O)OCCOP(=O)(O)O.CCC(C)C(=O)NC(C)(C)CS(=O)(=O)[O-].CCC(C)C(=O)NC(C)C.[Na+]. The second kappa shape index (κ2) is 73.3. The van der Waals surface area contributed by atoms with Crippen molar-refractivity contribution in [3.63, 3.8) is 0 Å². The summed E-state index contributed by atoms with van der Waals surface area (Å²) in [6.45, 7) is 67.8. The number of nitrogens with one attached hydrogen (secondary N) is 2. The maximum Gasteiger partial charge on any atom is 1.00 e. The van der Waals surface area contributed by atoms with Gasteiger partial charge in [-0.3, -0.25) is 56.7 Å². The van der Waals surface area contributed by atoms with Gasteiger partial charge in [0.1, 0.15) is 66.1 Å². The quantitative estimate of drug-likeness (QED) is 0.00533. The minimum absolute atomic E-state index is 0. The zero-order valence-electron chi connectivity index (χ0n) is 84.8. The molecule has 8 N–H and O–H groups in total. The molecule has 0 aliphatic carbocycles. The maximum absolute atomic E-state index is 11.5. The van der Waals surface area contributed by atoms with Gasteiger partial charge in [0.2, 0.25) is 11.8 Å². The average Bonchev–Trinajstić information content (AvgIpc) is 0.857. The van der Waals surface area contributed by atoms with Gasteiger partial charge in [-0.25, -0.2) is 36.5 Å². The van der Waals surface area contributed by atoms with Crippen LogP contribution in [0.2, 0.25) is 0 Å². The van der Waals surface area contributed by atoms with E-state index in [0.29, 0.717) is 74.9 Å². The first-order valence-corrected chi connectivity index (χ1v) is 48.7. The van der Waals surface area contributed by atoms with Crippen molar-refractivity contribution in [2.45, 2.75) is 291 Å². The van der Waals surface area contributed by atoms with Gasteiger partial charge >= 0.3 is 113 Å². The summed E-state index contributed by atoms with van der Waals surface area (Å²) in [5.74, 6) is -4.28. The van der Waals surface area contributed by atoms with Crippen LogP contribution in [0.4, 0.5) is 0 Å². The smallest absolute Gasteiger partial charge is 0.748 e. The van der Waals surface area contributed by atoms with Crippen molar-refractivity contribution in [2.24, 2.45) is 49.7 Å². The molecule has 2 amide bonds.